The minimum atomic E-state index is -0.473. The first-order valence-electron chi connectivity index (χ1n) is 14.4. The number of benzene rings is 3. The molecule has 3 aromatic carbocycles. The Morgan fingerprint density at radius 1 is 1.12 bits per heavy atom. The minimum absolute atomic E-state index is 0.0509. The fourth-order valence-electron chi connectivity index (χ4n) is 5.38. The number of halogens is 2. The van der Waals surface area contributed by atoms with E-state index in [1.807, 2.05) is 56.3 Å². The number of rotatable bonds is 7. The van der Waals surface area contributed by atoms with Crippen molar-refractivity contribution in [3.63, 3.8) is 0 Å². The van der Waals surface area contributed by atoms with Gasteiger partial charge < -0.3 is 10.4 Å². The lowest BCUT2D eigenvalue weighted by molar-refractivity contribution is -0.119. The van der Waals surface area contributed by atoms with Gasteiger partial charge >= 0.3 is 0 Å². The van der Waals surface area contributed by atoms with Crippen LogP contribution in [0.5, 0.6) is 5.75 Å². The Balaban J connectivity index is 1.48. The van der Waals surface area contributed by atoms with Gasteiger partial charge in [0.2, 0.25) is 5.91 Å². The monoisotopic (exact) mass is 676 g/mol. The van der Waals surface area contributed by atoms with E-state index < -0.39 is 6.04 Å². The second-order valence-electron chi connectivity index (χ2n) is 10.8. The highest BCUT2D eigenvalue weighted by molar-refractivity contribution is 9.10. The molecule has 2 atom stereocenters. The molecule has 0 bridgehead atoms. The molecule has 1 aliphatic heterocycles. The number of phenols is 1. The van der Waals surface area contributed by atoms with Crippen molar-refractivity contribution in [2.45, 2.75) is 52.5 Å². The van der Waals surface area contributed by atoms with Crippen molar-refractivity contribution in [1.29, 1.82) is 0 Å². The van der Waals surface area contributed by atoms with Gasteiger partial charge in [0.15, 0.2) is 0 Å². The van der Waals surface area contributed by atoms with Gasteiger partial charge in [-0.3, -0.25) is 9.79 Å². The molecule has 2 N–H and O–H groups in total. The number of aliphatic imine (C=N–C) groups is 1. The summed E-state index contributed by atoms with van der Waals surface area (Å²) < 4.78 is 2.29. The van der Waals surface area contributed by atoms with Crippen molar-refractivity contribution in [2.24, 2.45) is 21.1 Å². The van der Waals surface area contributed by atoms with Crippen LogP contribution in [0.4, 0.5) is 0 Å². The molecular formula is C34H34BrClN4O2S. The van der Waals surface area contributed by atoms with Crippen molar-refractivity contribution in [3.05, 3.63) is 97.8 Å². The van der Waals surface area contributed by atoms with Gasteiger partial charge in [-0.05, 0) is 112 Å². The maximum atomic E-state index is 13.3. The average molecular weight is 678 g/mol. The lowest BCUT2D eigenvalue weighted by Gasteiger charge is -2.22. The van der Waals surface area contributed by atoms with Gasteiger partial charge in [-0.25, -0.2) is 0 Å². The summed E-state index contributed by atoms with van der Waals surface area (Å²) in [5, 5.41) is 26.7. The molecule has 222 valence electrons. The highest BCUT2D eigenvalue weighted by Gasteiger charge is 2.24. The number of thiophene rings is 1. The van der Waals surface area contributed by atoms with Gasteiger partial charge in [-0.15, -0.1) is 11.3 Å². The molecular weight excluding hydrogens is 644 g/mol. The molecule has 0 saturated heterocycles. The molecule has 4 aromatic rings. The number of amides is 1. The first-order chi connectivity index (χ1) is 20.7. The molecule has 0 spiro atoms. The molecule has 2 unspecified atom stereocenters. The van der Waals surface area contributed by atoms with E-state index >= 15 is 0 Å². The van der Waals surface area contributed by atoms with Crippen LogP contribution in [0, 0.1) is 5.92 Å². The van der Waals surface area contributed by atoms with Gasteiger partial charge in [0.05, 0.1) is 17.8 Å². The average Bonchev–Trinajstić information content (AvgIpc) is 3.41. The zero-order chi connectivity index (χ0) is 30.5. The molecule has 0 radical (unpaired) electrons. The molecule has 2 heterocycles. The fourth-order valence-corrected chi connectivity index (χ4v) is 7.16. The third-order valence-electron chi connectivity index (χ3n) is 7.90. The Bertz CT molecular complexity index is 1730. The van der Waals surface area contributed by atoms with E-state index in [0.717, 1.165) is 46.1 Å². The van der Waals surface area contributed by atoms with Crippen LogP contribution in [0.25, 0.3) is 10.1 Å². The van der Waals surface area contributed by atoms with Crippen LogP contribution in [0.15, 0.2) is 85.7 Å². The SMILES string of the molecule is CCC1Cc2ccc(O)cc2C(c2ccc(Cl)cc2)N=C(CC(=O)NCCc2csc3c(Br)cccc23)/C(C)=N\N=C\1C. The number of aromatic hydroxyl groups is 1. The largest absolute Gasteiger partial charge is 0.508 e. The Morgan fingerprint density at radius 2 is 1.91 bits per heavy atom. The second-order valence-corrected chi connectivity index (χ2v) is 13.0. The smallest absolute Gasteiger partial charge is 0.226 e. The fraction of sp³-hybridized carbons (Fsp3) is 0.294. The van der Waals surface area contributed by atoms with Gasteiger partial charge in [-0.2, -0.15) is 10.2 Å². The molecule has 6 nitrogen and oxygen atoms in total. The molecule has 1 aromatic heterocycles. The quantitative estimate of drug-likeness (QED) is 0.205. The van der Waals surface area contributed by atoms with Crippen LogP contribution in [0.3, 0.4) is 0 Å². The number of phenolic OH excluding ortho intramolecular Hbond substituents is 1. The van der Waals surface area contributed by atoms with Gasteiger partial charge in [0, 0.05) is 32.4 Å². The number of hydrogen-bond acceptors (Lipinski definition) is 6. The summed E-state index contributed by atoms with van der Waals surface area (Å²) in [6.45, 7) is 6.49. The lowest BCUT2D eigenvalue weighted by Crippen LogP contribution is -2.30. The van der Waals surface area contributed by atoms with Crippen LogP contribution in [-0.4, -0.2) is 34.7 Å². The topological polar surface area (TPSA) is 86.4 Å². The van der Waals surface area contributed by atoms with E-state index in [0.29, 0.717) is 23.0 Å². The summed E-state index contributed by atoms with van der Waals surface area (Å²) in [6, 6.07) is 18.7. The van der Waals surface area contributed by atoms with Crippen LogP contribution in [0.1, 0.15) is 61.9 Å². The van der Waals surface area contributed by atoms with Crippen LogP contribution >= 0.6 is 38.9 Å². The van der Waals surface area contributed by atoms with E-state index in [1.54, 1.807) is 23.5 Å². The molecule has 5 rings (SSSR count). The number of nitrogens with zero attached hydrogens (tertiary/aromatic N) is 3. The van der Waals surface area contributed by atoms with Crippen LogP contribution < -0.4 is 5.32 Å². The zero-order valence-corrected chi connectivity index (χ0v) is 27.6. The second kappa shape index (κ2) is 14.0. The molecule has 0 aliphatic carbocycles. The Labute approximate surface area is 269 Å². The number of nitrogens with one attached hydrogen (secondary N) is 1. The standard InChI is InChI=1S/C34H34BrClN4O2S/c1-4-22-16-24-10-13-27(41)17-29(24)33(23-8-11-26(36)12-9-23)38-31(21(3)40-39-20(22)2)18-32(42)37-15-14-25-19-43-34-28(25)6-5-7-30(34)35/h5-13,17,19,22,33,41H,4,14-16,18H2,1-3H3,(H,37,42)/b38-31?,39-20+,40-21-. The number of fused-ring (bicyclic) bond motifs is 2. The molecule has 43 heavy (non-hydrogen) atoms. The Morgan fingerprint density at radius 3 is 2.67 bits per heavy atom. The minimum Gasteiger partial charge on any atom is -0.508 e. The van der Waals surface area contributed by atoms with Crippen molar-refractivity contribution >= 4 is 72.0 Å². The van der Waals surface area contributed by atoms with Crippen LogP contribution in [-0.2, 0) is 17.6 Å². The third kappa shape index (κ3) is 7.43. The predicted molar refractivity (Wildman–Crippen MR) is 183 cm³/mol. The van der Waals surface area contributed by atoms with Crippen molar-refractivity contribution < 1.29 is 9.90 Å². The Hall–Kier alpha value is -3.33. The first-order valence-corrected chi connectivity index (χ1v) is 16.4. The molecule has 1 aliphatic rings. The molecule has 0 fully saturated rings. The van der Waals surface area contributed by atoms with Gasteiger partial charge in [0.25, 0.3) is 0 Å². The summed E-state index contributed by atoms with van der Waals surface area (Å²) in [7, 11) is 0. The van der Waals surface area contributed by atoms with Crippen molar-refractivity contribution in [2.75, 3.05) is 6.54 Å². The normalized spacial score (nSPS) is 19.8. The Kier molecular flexibility index (Phi) is 10.1. The summed E-state index contributed by atoms with van der Waals surface area (Å²) in [4.78, 5) is 18.5. The van der Waals surface area contributed by atoms with E-state index in [1.165, 1.54) is 15.6 Å². The summed E-state index contributed by atoms with van der Waals surface area (Å²) in [5.74, 6) is 0.199. The number of hydrogen-bond donors (Lipinski definition) is 2. The summed E-state index contributed by atoms with van der Waals surface area (Å²) in [6.07, 6.45) is 2.40. The van der Waals surface area contributed by atoms with Crippen LogP contribution in [0.2, 0.25) is 5.02 Å². The molecule has 0 saturated carbocycles. The number of carbonyl (C=O) groups excluding carboxylic acids is 1. The first kappa shape index (κ1) is 31.1. The maximum absolute atomic E-state index is 13.3. The highest BCUT2D eigenvalue weighted by atomic mass is 79.9. The van der Waals surface area contributed by atoms with E-state index in [9.17, 15) is 9.90 Å². The summed E-state index contributed by atoms with van der Waals surface area (Å²) >= 11 is 11.6. The predicted octanol–water partition coefficient (Wildman–Crippen LogP) is 8.72. The number of carbonyl (C=O) groups is 1. The van der Waals surface area contributed by atoms with E-state index in [2.05, 4.69) is 49.8 Å². The van der Waals surface area contributed by atoms with E-state index in [-0.39, 0.29) is 24.0 Å². The summed E-state index contributed by atoms with van der Waals surface area (Å²) in [5.41, 5.74) is 6.12. The third-order valence-corrected chi connectivity index (χ3v) is 10.1. The molecule has 9 heteroatoms. The lowest BCUT2D eigenvalue weighted by atomic mass is 9.87. The zero-order valence-electron chi connectivity index (χ0n) is 24.4. The van der Waals surface area contributed by atoms with Gasteiger partial charge in [0.1, 0.15) is 11.8 Å². The molecule has 1 amide bonds. The van der Waals surface area contributed by atoms with E-state index in [4.69, 9.17) is 16.6 Å². The van der Waals surface area contributed by atoms with Crippen molar-refractivity contribution in [1.82, 2.24) is 5.32 Å². The van der Waals surface area contributed by atoms with Crippen molar-refractivity contribution in [3.8, 4) is 5.75 Å². The maximum Gasteiger partial charge on any atom is 0.226 e. The highest BCUT2D eigenvalue weighted by Crippen LogP contribution is 2.35. The van der Waals surface area contributed by atoms with Gasteiger partial charge in [-0.1, -0.05) is 48.9 Å².